The maximum atomic E-state index is 13.7. The van der Waals surface area contributed by atoms with Crippen LogP contribution < -0.4 is 4.74 Å². The standard InChI is InChI=1S/C28H24F3NO7/c1-16-26(18-5-3-2-4-6-18)39-27(37)32(16)14-19-13-20(28(29,30)31)8-9-21(19)22-11-17(12-24(33)34)7-10-23(22)38-15-25(35)36/h2-11,13,16,26H,12,14-15H2,1H3,(H,33,34)(H,35,36). The van der Waals surface area contributed by atoms with E-state index >= 15 is 0 Å². The Labute approximate surface area is 221 Å². The molecule has 1 saturated heterocycles. The van der Waals surface area contributed by atoms with Gasteiger partial charge in [0.15, 0.2) is 6.61 Å². The number of hydrogen-bond donors (Lipinski definition) is 2. The molecule has 3 aromatic rings. The monoisotopic (exact) mass is 543 g/mol. The molecule has 39 heavy (non-hydrogen) atoms. The number of halogens is 3. The minimum Gasteiger partial charge on any atom is -0.481 e. The molecule has 1 amide bonds. The third-order valence-corrected chi connectivity index (χ3v) is 6.33. The van der Waals surface area contributed by atoms with Gasteiger partial charge in [-0.25, -0.2) is 9.59 Å². The summed E-state index contributed by atoms with van der Waals surface area (Å²) in [5, 5.41) is 18.3. The molecule has 1 heterocycles. The van der Waals surface area contributed by atoms with Gasteiger partial charge in [-0.15, -0.1) is 0 Å². The summed E-state index contributed by atoms with van der Waals surface area (Å²) in [4.78, 5) is 36.6. The topological polar surface area (TPSA) is 113 Å². The van der Waals surface area contributed by atoms with Crippen LogP contribution in [0.4, 0.5) is 18.0 Å². The highest BCUT2D eigenvalue weighted by Crippen LogP contribution is 2.40. The molecule has 8 nitrogen and oxygen atoms in total. The van der Waals surface area contributed by atoms with Crippen molar-refractivity contribution >= 4 is 18.0 Å². The highest BCUT2D eigenvalue weighted by molar-refractivity contribution is 5.78. The van der Waals surface area contributed by atoms with Crippen molar-refractivity contribution in [2.75, 3.05) is 6.61 Å². The summed E-state index contributed by atoms with van der Waals surface area (Å²) in [7, 11) is 0. The lowest BCUT2D eigenvalue weighted by Gasteiger charge is -2.24. The average molecular weight is 543 g/mol. The Morgan fingerprint density at radius 3 is 2.33 bits per heavy atom. The first kappa shape index (κ1) is 27.5. The molecule has 0 spiro atoms. The highest BCUT2D eigenvalue weighted by atomic mass is 19.4. The molecule has 1 aliphatic heterocycles. The Morgan fingerprint density at radius 1 is 0.974 bits per heavy atom. The van der Waals surface area contributed by atoms with Crippen molar-refractivity contribution in [3.8, 4) is 16.9 Å². The van der Waals surface area contributed by atoms with Crippen molar-refractivity contribution in [3.05, 3.63) is 89.0 Å². The highest BCUT2D eigenvalue weighted by Gasteiger charge is 2.40. The molecule has 2 atom stereocenters. The number of amides is 1. The van der Waals surface area contributed by atoms with Gasteiger partial charge < -0.3 is 19.7 Å². The van der Waals surface area contributed by atoms with Crippen molar-refractivity contribution < 1.29 is 47.2 Å². The van der Waals surface area contributed by atoms with Crippen LogP contribution in [0.25, 0.3) is 11.1 Å². The second kappa shape index (κ2) is 11.1. The van der Waals surface area contributed by atoms with Crippen LogP contribution in [0.15, 0.2) is 66.7 Å². The van der Waals surface area contributed by atoms with Gasteiger partial charge in [0.1, 0.15) is 11.9 Å². The van der Waals surface area contributed by atoms with Gasteiger partial charge in [-0.2, -0.15) is 13.2 Å². The summed E-state index contributed by atoms with van der Waals surface area (Å²) < 4.78 is 52.0. The molecule has 2 N–H and O–H groups in total. The molecular formula is C28H24F3NO7. The molecule has 0 radical (unpaired) electrons. The van der Waals surface area contributed by atoms with E-state index in [1.54, 1.807) is 37.3 Å². The van der Waals surface area contributed by atoms with E-state index in [-0.39, 0.29) is 35.4 Å². The Kier molecular flexibility index (Phi) is 7.80. The number of ether oxygens (including phenoxy) is 2. The minimum absolute atomic E-state index is 0.0340. The second-order valence-corrected chi connectivity index (χ2v) is 9.04. The zero-order valence-electron chi connectivity index (χ0n) is 20.6. The van der Waals surface area contributed by atoms with Crippen molar-refractivity contribution in [2.45, 2.75) is 38.2 Å². The molecule has 3 aromatic carbocycles. The van der Waals surface area contributed by atoms with Gasteiger partial charge >= 0.3 is 24.2 Å². The van der Waals surface area contributed by atoms with Crippen molar-refractivity contribution in [1.29, 1.82) is 0 Å². The lowest BCUT2D eigenvalue weighted by atomic mass is 9.93. The van der Waals surface area contributed by atoms with E-state index in [2.05, 4.69) is 0 Å². The molecular weight excluding hydrogens is 519 g/mol. The Morgan fingerprint density at radius 2 is 1.69 bits per heavy atom. The van der Waals surface area contributed by atoms with Crippen molar-refractivity contribution in [1.82, 2.24) is 4.90 Å². The van der Waals surface area contributed by atoms with Gasteiger partial charge in [-0.05, 0) is 53.4 Å². The van der Waals surface area contributed by atoms with Gasteiger partial charge in [0.05, 0.1) is 24.6 Å². The fourth-order valence-corrected chi connectivity index (χ4v) is 4.49. The van der Waals surface area contributed by atoms with Crippen LogP contribution in [-0.4, -0.2) is 45.8 Å². The number of benzene rings is 3. The van der Waals surface area contributed by atoms with Crippen LogP contribution in [0.1, 0.15) is 35.3 Å². The number of carbonyl (C=O) groups is 3. The lowest BCUT2D eigenvalue weighted by molar-refractivity contribution is -0.139. The Hall–Kier alpha value is -4.54. The summed E-state index contributed by atoms with van der Waals surface area (Å²) in [6.45, 7) is 0.740. The average Bonchev–Trinajstić information content (AvgIpc) is 3.16. The minimum atomic E-state index is -4.68. The molecule has 0 aliphatic carbocycles. The van der Waals surface area contributed by atoms with Crippen LogP contribution in [0.2, 0.25) is 0 Å². The maximum Gasteiger partial charge on any atom is 0.416 e. The first-order valence-corrected chi connectivity index (χ1v) is 11.9. The Bertz CT molecular complexity index is 1390. The first-order valence-electron chi connectivity index (χ1n) is 11.9. The zero-order valence-corrected chi connectivity index (χ0v) is 20.6. The lowest BCUT2D eigenvalue weighted by Crippen LogP contribution is -2.31. The third-order valence-electron chi connectivity index (χ3n) is 6.33. The predicted molar refractivity (Wildman–Crippen MR) is 132 cm³/mol. The summed E-state index contributed by atoms with van der Waals surface area (Å²) in [5.41, 5.74) is 0.614. The normalized spacial score (nSPS) is 17.1. The molecule has 1 aliphatic rings. The van der Waals surface area contributed by atoms with Crippen LogP contribution in [0.3, 0.4) is 0 Å². The number of rotatable bonds is 9. The number of hydrogen-bond acceptors (Lipinski definition) is 5. The molecule has 11 heteroatoms. The molecule has 0 saturated carbocycles. The van der Waals surface area contributed by atoms with Gasteiger partial charge in [-0.1, -0.05) is 42.5 Å². The van der Waals surface area contributed by atoms with Crippen molar-refractivity contribution in [2.24, 2.45) is 0 Å². The summed E-state index contributed by atoms with van der Waals surface area (Å²) >= 11 is 0. The quantitative estimate of drug-likeness (QED) is 0.364. The molecule has 204 valence electrons. The number of carbonyl (C=O) groups excluding carboxylic acids is 1. The molecule has 0 aromatic heterocycles. The largest absolute Gasteiger partial charge is 0.481 e. The van der Waals surface area contributed by atoms with E-state index in [4.69, 9.17) is 14.6 Å². The van der Waals surface area contributed by atoms with Crippen LogP contribution in [-0.2, 0) is 33.5 Å². The fourth-order valence-electron chi connectivity index (χ4n) is 4.49. The van der Waals surface area contributed by atoms with E-state index in [0.29, 0.717) is 5.56 Å². The zero-order chi connectivity index (χ0) is 28.3. The van der Waals surface area contributed by atoms with E-state index < -0.39 is 48.5 Å². The summed E-state index contributed by atoms with van der Waals surface area (Å²) in [5.74, 6) is -2.37. The van der Waals surface area contributed by atoms with Crippen LogP contribution in [0.5, 0.6) is 5.75 Å². The second-order valence-electron chi connectivity index (χ2n) is 9.04. The SMILES string of the molecule is CC1C(c2ccccc2)OC(=O)N1Cc1cc(C(F)(F)F)ccc1-c1cc(CC(=O)O)ccc1OCC(=O)O. The van der Waals surface area contributed by atoms with Gasteiger partial charge in [-0.3, -0.25) is 9.69 Å². The van der Waals surface area contributed by atoms with E-state index in [0.717, 1.165) is 17.7 Å². The fraction of sp³-hybridized carbons (Fsp3) is 0.250. The third kappa shape index (κ3) is 6.31. The van der Waals surface area contributed by atoms with Crippen LogP contribution >= 0.6 is 0 Å². The Balaban J connectivity index is 1.79. The predicted octanol–water partition coefficient (Wildman–Crippen LogP) is 5.54. The number of cyclic esters (lactones) is 1. The first-order chi connectivity index (χ1) is 18.4. The van der Waals surface area contributed by atoms with Crippen LogP contribution in [0, 0.1) is 0 Å². The van der Waals surface area contributed by atoms with E-state index in [1.807, 2.05) is 0 Å². The molecule has 0 bridgehead atoms. The van der Waals surface area contributed by atoms with Gasteiger partial charge in [0, 0.05) is 5.56 Å². The van der Waals surface area contributed by atoms with Gasteiger partial charge in [0.2, 0.25) is 0 Å². The van der Waals surface area contributed by atoms with E-state index in [9.17, 15) is 32.7 Å². The van der Waals surface area contributed by atoms with Crippen molar-refractivity contribution in [3.63, 3.8) is 0 Å². The summed E-state index contributed by atoms with van der Waals surface area (Å²) in [6.07, 6.45) is -6.40. The number of nitrogens with zero attached hydrogens (tertiary/aromatic N) is 1. The van der Waals surface area contributed by atoms with E-state index in [1.165, 1.54) is 29.2 Å². The molecule has 2 unspecified atom stereocenters. The number of carboxylic acids is 2. The van der Waals surface area contributed by atoms with Gasteiger partial charge in [0.25, 0.3) is 0 Å². The summed E-state index contributed by atoms with van der Waals surface area (Å²) in [6, 6.07) is 15.6. The number of carboxylic acid groups (broad SMARTS) is 2. The smallest absolute Gasteiger partial charge is 0.416 e. The number of aliphatic carboxylic acids is 2. The molecule has 4 rings (SSSR count). The maximum absolute atomic E-state index is 13.7. The molecule has 1 fully saturated rings. The number of alkyl halides is 3.